The van der Waals surface area contributed by atoms with Gasteiger partial charge in [-0.05, 0) is 18.8 Å². The molecule has 0 aromatic rings. The minimum Gasteiger partial charge on any atom is -0.468 e. The molecule has 72 valence electrons. The van der Waals surface area contributed by atoms with Crippen LogP contribution in [-0.2, 0) is 9.53 Å². The molecule has 0 radical (unpaired) electrons. The number of carbonyl (C=O) groups is 1. The van der Waals surface area contributed by atoms with Crippen LogP contribution in [0.2, 0.25) is 0 Å². The number of ether oxygens (including phenoxy) is 1. The Morgan fingerprint density at radius 2 is 2.00 bits per heavy atom. The summed E-state index contributed by atoms with van der Waals surface area (Å²) in [5, 5.41) is 0. The largest absolute Gasteiger partial charge is 0.468 e. The van der Waals surface area contributed by atoms with Crippen molar-refractivity contribution in [2.24, 2.45) is 5.92 Å². The topological polar surface area (TPSA) is 26.3 Å². The molecular formula is C10H20O2. The summed E-state index contributed by atoms with van der Waals surface area (Å²) in [4.78, 5) is 9.97. The Bertz CT molecular complexity index is 102. The van der Waals surface area contributed by atoms with Crippen molar-refractivity contribution < 1.29 is 9.53 Å². The summed E-state index contributed by atoms with van der Waals surface area (Å²) in [6.07, 6.45) is 6.01. The van der Waals surface area contributed by atoms with E-state index in [-0.39, 0.29) is 0 Å². The zero-order chi connectivity index (χ0) is 9.23. The van der Waals surface area contributed by atoms with Gasteiger partial charge in [0, 0.05) is 0 Å². The van der Waals surface area contributed by atoms with Gasteiger partial charge >= 0.3 is 0 Å². The molecule has 0 aliphatic heterocycles. The van der Waals surface area contributed by atoms with E-state index < -0.39 is 0 Å². The van der Waals surface area contributed by atoms with Crippen molar-refractivity contribution >= 4 is 6.47 Å². The fourth-order valence-electron chi connectivity index (χ4n) is 1.39. The van der Waals surface area contributed by atoms with Crippen LogP contribution in [0.4, 0.5) is 0 Å². The van der Waals surface area contributed by atoms with Crippen LogP contribution in [0.1, 0.15) is 46.0 Å². The molecule has 1 unspecified atom stereocenters. The fourth-order valence-corrected chi connectivity index (χ4v) is 1.39. The predicted octanol–water partition coefficient (Wildman–Crippen LogP) is 2.77. The molecule has 0 aromatic heterocycles. The second-order valence-electron chi connectivity index (χ2n) is 3.23. The van der Waals surface area contributed by atoms with Crippen molar-refractivity contribution in [1.29, 1.82) is 0 Å². The summed E-state index contributed by atoms with van der Waals surface area (Å²) in [5.74, 6) is 0.583. The zero-order valence-corrected chi connectivity index (χ0v) is 8.21. The van der Waals surface area contributed by atoms with Crippen LogP contribution < -0.4 is 0 Å². The summed E-state index contributed by atoms with van der Waals surface area (Å²) in [7, 11) is 0. The van der Waals surface area contributed by atoms with Crippen molar-refractivity contribution in [2.75, 3.05) is 6.61 Å². The molecule has 1 atom stereocenters. The maximum atomic E-state index is 9.97. The van der Waals surface area contributed by atoms with Crippen molar-refractivity contribution in [1.82, 2.24) is 0 Å². The van der Waals surface area contributed by atoms with E-state index in [0.717, 1.165) is 0 Å². The van der Waals surface area contributed by atoms with E-state index in [1.807, 2.05) is 0 Å². The average Bonchev–Trinajstić information content (AvgIpc) is 2.10. The van der Waals surface area contributed by atoms with Gasteiger partial charge in [-0.3, -0.25) is 4.79 Å². The molecule has 0 amide bonds. The highest BCUT2D eigenvalue weighted by molar-refractivity contribution is 5.36. The molecule has 0 N–H and O–H groups in total. The lowest BCUT2D eigenvalue weighted by Crippen LogP contribution is -2.08. The van der Waals surface area contributed by atoms with Crippen LogP contribution in [0.3, 0.4) is 0 Å². The second-order valence-corrected chi connectivity index (χ2v) is 3.23. The van der Waals surface area contributed by atoms with Gasteiger partial charge in [0.25, 0.3) is 6.47 Å². The van der Waals surface area contributed by atoms with Gasteiger partial charge in [0.05, 0.1) is 6.61 Å². The zero-order valence-electron chi connectivity index (χ0n) is 8.21. The maximum absolute atomic E-state index is 9.97. The molecule has 0 spiro atoms. The van der Waals surface area contributed by atoms with Crippen LogP contribution in [0.25, 0.3) is 0 Å². The molecule has 0 rings (SSSR count). The van der Waals surface area contributed by atoms with E-state index in [1.54, 1.807) is 0 Å². The molecule has 2 nitrogen and oxygen atoms in total. The van der Waals surface area contributed by atoms with E-state index in [9.17, 15) is 4.79 Å². The van der Waals surface area contributed by atoms with Crippen LogP contribution in [0.5, 0.6) is 0 Å². The van der Waals surface area contributed by atoms with Crippen LogP contribution >= 0.6 is 0 Å². The SMILES string of the molecule is CCCCC(CCC)COC=O. The number of unbranched alkanes of at least 4 members (excludes halogenated alkanes) is 1. The quantitative estimate of drug-likeness (QED) is 0.526. The first-order valence-corrected chi connectivity index (χ1v) is 4.90. The molecule has 12 heavy (non-hydrogen) atoms. The highest BCUT2D eigenvalue weighted by Gasteiger charge is 2.06. The summed E-state index contributed by atoms with van der Waals surface area (Å²) in [6, 6.07) is 0. The van der Waals surface area contributed by atoms with Gasteiger partial charge in [-0.25, -0.2) is 0 Å². The number of carbonyl (C=O) groups excluding carboxylic acids is 1. The Morgan fingerprint density at radius 3 is 2.50 bits per heavy atom. The van der Waals surface area contributed by atoms with E-state index in [1.165, 1.54) is 32.1 Å². The first-order valence-electron chi connectivity index (χ1n) is 4.90. The van der Waals surface area contributed by atoms with E-state index in [4.69, 9.17) is 4.74 Å². The second kappa shape index (κ2) is 8.57. The predicted molar refractivity (Wildman–Crippen MR) is 49.9 cm³/mol. The van der Waals surface area contributed by atoms with E-state index in [0.29, 0.717) is 19.0 Å². The maximum Gasteiger partial charge on any atom is 0.293 e. The van der Waals surface area contributed by atoms with Gasteiger partial charge in [0.15, 0.2) is 0 Å². The van der Waals surface area contributed by atoms with Gasteiger partial charge in [-0.15, -0.1) is 0 Å². The Balaban J connectivity index is 3.46. The molecular weight excluding hydrogens is 152 g/mol. The highest BCUT2D eigenvalue weighted by Crippen LogP contribution is 2.14. The number of hydrogen-bond acceptors (Lipinski definition) is 2. The molecule has 2 heteroatoms. The number of hydrogen-bond donors (Lipinski definition) is 0. The standard InChI is InChI=1S/C10H20O2/c1-3-5-7-10(6-4-2)8-12-9-11/h9-10H,3-8H2,1-2H3. The lowest BCUT2D eigenvalue weighted by molar-refractivity contribution is -0.130. The molecule has 0 bridgehead atoms. The molecule has 0 saturated heterocycles. The van der Waals surface area contributed by atoms with Crippen molar-refractivity contribution in [2.45, 2.75) is 46.0 Å². The van der Waals surface area contributed by atoms with Gasteiger partial charge in [0.2, 0.25) is 0 Å². The molecule has 0 heterocycles. The lowest BCUT2D eigenvalue weighted by atomic mass is 9.98. The van der Waals surface area contributed by atoms with Crippen LogP contribution in [-0.4, -0.2) is 13.1 Å². The van der Waals surface area contributed by atoms with E-state index in [2.05, 4.69) is 13.8 Å². The average molecular weight is 172 g/mol. The van der Waals surface area contributed by atoms with Crippen molar-refractivity contribution in [3.8, 4) is 0 Å². The molecule has 0 aliphatic carbocycles. The third-order valence-electron chi connectivity index (χ3n) is 2.06. The monoisotopic (exact) mass is 172 g/mol. The highest BCUT2D eigenvalue weighted by atomic mass is 16.5. The Hall–Kier alpha value is -0.530. The first kappa shape index (κ1) is 11.5. The van der Waals surface area contributed by atoms with Crippen LogP contribution in [0.15, 0.2) is 0 Å². The van der Waals surface area contributed by atoms with Crippen molar-refractivity contribution in [3.63, 3.8) is 0 Å². The lowest BCUT2D eigenvalue weighted by Gasteiger charge is -2.13. The summed E-state index contributed by atoms with van der Waals surface area (Å²) < 4.78 is 4.76. The van der Waals surface area contributed by atoms with Gasteiger partial charge in [-0.2, -0.15) is 0 Å². The summed E-state index contributed by atoms with van der Waals surface area (Å²) in [5.41, 5.74) is 0. The minimum atomic E-state index is 0.550. The molecule has 0 aromatic carbocycles. The molecule has 0 fully saturated rings. The normalized spacial score (nSPS) is 12.5. The molecule has 0 aliphatic rings. The molecule has 0 saturated carbocycles. The smallest absolute Gasteiger partial charge is 0.293 e. The Morgan fingerprint density at radius 1 is 1.25 bits per heavy atom. The van der Waals surface area contributed by atoms with E-state index >= 15 is 0 Å². The van der Waals surface area contributed by atoms with Gasteiger partial charge in [-0.1, -0.05) is 33.1 Å². The summed E-state index contributed by atoms with van der Waals surface area (Å²) >= 11 is 0. The summed E-state index contributed by atoms with van der Waals surface area (Å²) in [6.45, 7) is 5.51. The van der Waals surface area contributed by atoms with Crippen molar-refractivity contribution in [3.05, 3.63) is 0 Å². The van der Waals surface area contributed by atoms with Gasteiger partial charge < -0.3 is 4.74 Å². The minimum absolute atomic E-state index is 0.550. The Kier molecular flexibility index (Phi) is 8.19. The fraction of sp³-hybridized carbons (Fsp3) is 0.900. The third-order valence-corrected chi connectivity index (χ3v) is 2.06. The number of rotatable bonds is 8. The van der Waals surface area contributed by atoms with Gasteiger partial charge in [0.1, 0.15) is 0 Å². The third kappa shape index (κ3) is 6.20. The van der Waals surface area contributed by atoms with Crippen LogP contribution in [0, 0.1) is 5.92 Å². The Labute approximate surface area is 75.3 Å². The first-order chi connectivity index (χ1) is 5.85.